The van der Waals surface area contributed by atoms with Crippen LogP contribution < -0.4 is 15.0 Å². The fraction of sp³-hybridized carbons (Fsp3) is 0.231. The van der Waals surface area contributed by atoms with E-state index < -0.39 is 0 Å². The second-order valence-corrected chi connectivity index (χ2v) is 8.89. The van der Waals surface area contributed by atoms with Gasteiger partial charge in [0.15, 0.2) is 5.11 Å². The molecule has 0 bridgehead atoms. The molecule has 1 saturated heterocycles. The van der Waals surface area contributed by atoms with Crippen molar-refractivity contribution in [3.63, 3.8) is 0 Å². The fourth-order valence-electron chi connectivity index (χ4n) is 4.34. The van der Waals surface area contributed by atoms with Crippen molar-refractivity contribution in [3.05, 3.63) is 101 Å². The molecule has 7 nitrogen and oxygen atoms in total. The zero-order valence-corrected chi connectivity index (χ0v) is 20.7. The molecule has 1 aliphatic rings. The van der Waals surface area contributed by atoms with Crippen molar-refractivity contribution in [1.82, 2.24) is 14.9 Å². The molecule has 4 heterocycles. The highest BCUT2D eigenvalue weighted by molar-refractivity contribution is 7.80. The minimum Gasteiger partial charge on any atom is -0.490 e. The van der Waals surface area contributed by atoms with Crippen LogP contribution in [0.3, 0.4) is 0 Å². The van der Waals surface area contributed by atoms with E-state index in [4.69, 9.17) is 37.7 Å². The molecule has 0 amide bonds. The molecule has 0 aliphatic carbocycles. The molecule has 1 aromatic carbocycles. The summed E-state index contributed by atoms with van der Waals surface area (Å²) in [6.07, 6.45) is 5.53. The number of halogens is 1. The van der Waals surface area contributed by atoms with E-state index in [-0.39, 0.29) is 12.1 Å². The van der Waals surface area contributed by atoms with Gasteiger partial charge >= 0.3 is 0 Å². The van der Waals surface area contributed by atoms with Crippen molar-refractivity contribution in [2.45, 2.75) is 18.6 Å². The van der Waals surface area contributed by atoms with Gasteiger partial charge in [-0.25, -0.2) is 0 Å². The van der Waals surface area contributed by atoms with E-state index in [0.29, 0.717) is 35.6 Å². The van der Waals surface area contributed by atoms with Crippen LogP contribution in [-0.2, 0) is 11.3 Å². The molecule has 3 aromatic heterocycles. The Morgan fingerprint density at radius 2 is 2.03 bits per heavy atom. The summed E-state index contributed by atoms with van der Waals surface area (Å²) in [4.78, 5) is 6.72. The van der Waals surface area contributed by atoms with Crippen molar-refractivity contribution in [2.24, 2.45) is 0 Å². The number of ether oxygens (including phenoxy) is 2. The number of hydrogen-bond acceptors (Lipinski definition) is 5. The topological polar surface area (TPSA) is 64.7 Å². The number of pyridine rings is 1. The number of methoxy groups -OCH3 is 1. The summed E-state index contributed by atoms with van der Waals surface area (Å²) in [6.45, 7) is 1.51. The Kier molecular flexibility index (Phi) is 7.03. The molecule has 35 heavy (non-hydrogen) atoms. The second kappa shape index (κ2) is 10.5. The Morgan fingerprint density at radius 3 is 2.77 bits per heavy atom. The average Bonchev–Trinajstić information content (AvgIpc) is 3.62. The van der Waals surface area contributed by atoms with E-state index >= 15 is 0 Å². The largest absolute Gasteiger partial charge is 0.490 e. The van der Waals surface area contributed by atoms with Gasteiger partial charge in [0, 0.05) is 30.9 Å². The lowest BCUT2D eigenvalue weighted by Crippen LogP contribution is -2.30. The van der Waals surface area contributed by atoms with Crippen LogP contribution in [0.4, 0.5) is 5.69 Å². The molecule has 0 unspecified atom stereocenters. The van der Waals surface area contributed by atoms with E-state index in [1.807, 2.05) is 60.8 Å². The summed E-state index contributed by atoms with van der Waals surface area (Å²) in [7, 11) is 1.63. The molecule has 5 rings (SSSR count). The number of benzene rings is 1. The van der Waals surface area contributed by atoms with Crippen LogP contribution in [0.1, 0.15) is 29.2 Å². The van der Waals surface area contributed by atoms with Gasteiger partial charge in [0.1, 0.15) is 24.2 Å². The van der Waals surface area contributed by atoms with Gasteiger partial charge in [0.2, 0.25) is 0 Å². The smallest absolute Gasteiger partial charge is 0.174 e. The van der Waals surface area contributed by atoms with Gasteiger partial charge in [-0.05, 0) is 66.8 Å². The van der Waals surface area contributed by atoms with E-state index in [2.05, 4.69) is 25.8 Å². The van der Waals surface area contributed by atoms with Crippen molar-refractivity contribution in [1.29, 1.82) is 0 Å². The van der Waals surface area contributed by atoms with Gasteiger partial charge in [-0.15, -0.1) is 0 Å². The summed E-state index contributed by atoms with van der Waals surface area (Å²) in [5.74, 6) is 1.47. The number of aromatic nitrogens is 2. The number of rotatable bonds is 9. The maximum atomic E-state index is 6.60. The quantitative estimate of drug-likeness (QED) is 0.240. The average molecular weight is 509 g/mol. The number of anilines is 1. The van der Waals surface area contributed by atoms with E-state index in [1.54, 1.807) is 19.6 Å². The molecule has 2 atom stereocenters. The maximum Gasteiger partial charge on any atom is 0.174 e. The standard InChI is InChI=1S/C26H25ClN4O3S/c1-32-14-15-34-23-10-9-18(16-20(23)27)31-25(24(29-26(31)35)21-7-2-3-11-28-21)22-8-4-12-30(22)17-19-6-5-13-33-19/h2-13,16,24-25H,14-15,17H2,1H3,(H,29,35)/t24-,25-/m1/s1. The highest BCUT2D eigenvalue weighted by Gasteiger charge is 2.42. The number of nitrogens with one attached hydrogen (secondary N) is 1. The Labute approximate surface area is 214 Å². The number of thiocarbonyl (C=S) groups is 1. The first-order chi connectivity index (χ1) is 17.2. The predicted molar refractivity (Wildman–Crippen MR) is 139 cm³/mol. The first-order valence-electron chi connectivity index (χ1n) is 11.2. The van der Waals surface area contributed by atoms with Crippen LogP contribution in [0.2, 0.25) is 5.02 Å². The van der Waals surface area contributed by atoms with Crippen LogP contribution in [-0.4, -0.2) is 35.0 Å². The monoisotopic (exact) mass is 508 g/mol. The van der Waals surface area contributed by atoms with Gasteiger partial charge in [0.05, 0.1) is 36.2 Å². The Balaban J connectivity index is 1.53. The normalized spacial score (nSPS) is 17.5. The summed E-state index contributed by atoms with van der Waals surface area (Å²) in [5, 5.41) is 4.59. The molecule has 1 aliphatic heterocycles. The molecule has 1 fully saturated rings. The number of nitrogens with zero attached hydrogens (tertiary/aromatic N) is 3. The molecule has 0 saturated carbocycles. The zero-order chi connectivity index (χ0) is 24.2. The maximum absolute atomic E-state index is 6.60. The molecule has 0 spiro atoms. The molecule has 180 valence electrons. The van der Waals surface area contributed by atoms with Crippen molar-refractivity contribution in [2.75, 3.05) is 25.2 Å². The van der Waals surface area contributed by atoms with Crippen molar-refractivity contribution < 1.29 is 13.9 Å². The molecular weight excluding hydrogens is 484 g/mol. The van der Waals surface area contributed by atoms with Crippen LogP contribution in [0.15, 0.2) is 83.7 Å². The Bertz CT molecular complexity index is 1280. The van der Waals surface area contributed by atoms with E-state index in [1.165, 1.54) is 0 Å². The van der Waals surface area contributed by atoms with Gasteiger partial charge in [0.25, 0.3) is 0 Å². The lowest BCUT2D eigenvalue weighted by atomic mass is 10.0. The summed E-state index contributed by atoms with van der Waals surface area (Å²) in [5.41, 5.74) is 2.83. The first-order valence-corrected chi connectivity index (χ1v) is 12.0. The highest BCUT2D eigenvalue weighted by Crippen LogP contribution is 2.43. The third kappa shape index (κ3) is 4.91. The number of furan rings is 1. The molecule has 0 radical (unpaired) electrons. The lowest BCUT2D eigenvalue weighted by Gasteiger charge is -2.29. The molecule has 4 aromatic rings. The minimum atomic E-state index is -0.168. The summed E-state index contributed by atoms with van der Waals surface area (Å²) >= 11 is 12.4. The van der Waals surface area contributed by atoms with Crippen molar-refractivity contribution in [3.8, 4) is 5.75 Å². The van der Waals surface area contributed by atoms with Crippen LogP contribution >= 0.6 is 23.8 Å². The molecule has 1 N–H and O–H groups in total. The fourth-order valence-corrected chi connectivity index (χ4v) is 4.91. The second-order valence-electron chi connectivity index (χ2n) is 8.09. The van der Waals surface area contributed by atoms with Crippen molar-refractivity contribution >= 4 is 34.6 Å². The van der Waals surface area contributed by atoms with Crippen LogP contribution in [0.25, 0.3) is 0 Å². The molecule has 9 heteroatoms. The lowest BCUT2D eigenvalue weighted by molar-refractivity contribution is 0.146. The van der Waals surface area contributed by atoms with Gasteiger partial charge in [-0.1, -0.05) is 17.7 Å². The third-order valence-corrected chi connectivity index (χ3v) is 6.52. The van der Waals surface area contributed by atoms with E-state index in [0.717, 1.165) is 22.8 Å². The third-order valence-electron chi connectivity index (χ3n) is 5.91. The van der Waals surface area contributed by atoms with Gasteiger partial charge in [-0.2, -0.15) is 0 Å². The summed E-state index contributed by atoms with van der Waals surface area (Å²) in [6, 6.07) is 19.3. The zero-order valence-electron chi connectivity index (χ0n) is 19.1. The van der Waals surface area contributed by atoms with Gasteiger partial charge in [-0.3, -0.25) is 4.98 Å². The van der Waals surface area contributed by atoms with Gasteiger partial charge < -0.3 is 28.7 Å². The summed E-state index contributed by atoms with van der Waals surface area (Å²) < 4.78 is 18.6. The Hall–Kier alpha value is -3.33. The van der Waals surface area contributed by atoms with Crippen LogP contribution in [0, 0.1) is 0 Å². The SMILES string of the molecule is COCCOc1ccc(N2C(=S)N[C@H](c3ccccn3)[C@H]2c2cccn2Cc2ccco2)cc1Cl. The first kappa shape index (κ1) is 23.4. The van der Waals surface area contributed by atoms with Crippen LogP contribution in [0.5, 0.6) is 5.75 Å². The predicted octanol–water partition coefficient (Wildman–Crippen LogP) is 5.38. The highest BCUT2D eigenvalue weighted by atomic mass is 35.5. The Morgan fingerprint density at radius 1 is 1.11 bits per heavy atom. The molecular formula is C26H25ClN4O3S. The minimum absolute atomic E-state index is 0.162. The number of hydrogen-bond donors (Lipinski definition) is 1. The van der Waals surface area contributed by atoms with E-state index in [9.17, 15) is 0 Å².